The maximum Gasteiger partial charge on any atom is 0.0280 e. The van der Waals surface area contributed by atoms with Gasteiger partial charge in [0.25, 0.3) is 0 Å². The quantitative estimate of drug-likeness (QED) is 0.471. The number of allylic oxidation sites excluding steroid dienone is 20. The Morgan fingerprint density at radius 3 is 2.61 bits per heavy atom. The van der Waals surface area contributed by atoms with Crippen molar-refractivity contribution in [2.45, 2.75) is 25.7 Å². The Morgan fingerprint density at radius 1 is 0.679 bits per heavy atom. The van der Waals surface area contributed by atoms with Crippen molar-refractivity contribution in [3.05, 3.63) is 118 Å². The highest BCUT2D eigenvalue weighted by Crippen LogP contribution is 2.73. The van der Waals surface area contributed by atoms with E-state index in [1.54, 1.807) is 33.4 Å². The molecule has 0 aromatic heterocycles. The second-order valence-corrected chi connectivity index (χ2v) is 10.0. The van der Waals surface area contributed by atoms with E-state index in [0.717, 1.165) is 0 Å². The van der Waals surface area contributed by atoms with E-state index in [1.165, 1.54) is 31.3 Å². The van der Waals surface area contributed by atoms with Crippen LogP contribution in [-0.2, 0) is 0 Å². The van der Waals surface area contributed by atoms with Crippen molar-refractivity contribution in [2.75, 3.05) is 0 Å². The molecule has 0 aliphatic heterocycles. The third kappa shape index (κ3) is 1.32. The summed E-state index contributed by atoms with van der Waals surface area (Å²) in [5.41, 5.74) is 11.5. The SMILES string of the molecule is C1=CC2=CC3=CC4=CC=C5C=CC6=CC7=CC8CC=CC(=C1)C28CC37CC46C5. The molecule has 4 unspecified atom stereocenters. The molecule has 8 rings (SSSR count). The molecule has 0 aromatic carbocycles. The van der Waals surface area contributed by atoms with Crippen LogP contribution in [0.1, 0.15) is 25.7 Å². The highest BCUT2D eigenvalue weighted by molar-refractivity contribution is 5.70. The molecule has 4 bridgehead atoms. The molecule has 0 fully saturated rings. The maximum atomic E-state index is 2.68. The van der Waals surface area contributed by atoms with Gasteiger partial charge in [0.1, 0.15) is 0 Å². The van der Waals surface area contributed by atoms with Gasteiger partial charge < -0.3 is 0 Å². The van der Waals surface area contributed by atoms with Crippen molar-refractivity contribution in [3.8, 4) is 0 Å². The second-order valence-electron chi connectivity index (χ2n) is 10.0. The van der Waals surface area contributed by atoms with Crippen molar-refractivity contribution in [1.29, 1.82) is 0 Å². The lowest BCUT2D eigenvalue weighted by Gasteiger charge is -2.64. The number of rotatable bonds is 0. The molecule has 0 radical (unpaired) electrons. The zero-order valence-corrected chi connectivity index (χ0v) is 15.9. The van der Waals surface area contributed by atoms with Crippen LogP contribution in [-0.4, -0.2) is 0 Å². The van der Waals surface area contributed by atoms with Gasteiger partial charge in [0.15, 0.2) is 0 Å². The fraction of sp³-hybridized carbons (Fsp3) is 0.286. The summed E-state index contributed by atoms with van der Waals surface area (Å²) in [5, 5.41) is 0. The molecular formula is C28H22. The lowest BCUT2D eigenvalue weighted by atomic mass is 9.39. The summed E-state index contributed by atoms with van der Waals surface area (Å²) < 4.78 is 0. The Hall–Kier alpha value is -2.60. The Labute approximate surface area is 166 Å². The molecule has 8 aliphatic carbocycles. The average molecular weight is 358 g/mol. The van der Waals surface area contributed by atoms with Gasteiger partial charge in [0.05, 0.1) is 0 Å². The van der Waals surface area contributed by atoms with Crippen molar-refractivity contribution in [3.63, 3.8) is 0 Å². The molecule has 0 aromatic rings. The van der Waals surface area contributed by atoms with E-state index in [0.29, 0.717) is 5.92 Å². The monoisotopic (exact) mass is 358 g/mol. The maximum absolute atomic E-state index is 2.68. The Kier molecular flexibility index (Phi) is 2.16. The molecule has 134 valence electrons. The molecule has 0 amide bonds. The van der Waals surface area contributed by atoms with E-state index in [2.05, 4.69) is 79.0 Å². The summed E-state index contributed by atoms with van der Waals surface area (Å²) in [5.74, 6) is 0.597. The van der Waals surface area contributed by atoms with Crippen LogP contribution >= 0.6 is 0 Å². The van der Waals surface area contributed by atoms with Crippen molar-refractivity contribution >= 4 is 0 Å². The molecule has 0 heterocycles. The van der Waals surface area contributed by atoms with E-state index in [9.17, 15) is 0 Å². The predicted octanol–water partition coefficient (Wildman–Crippen LogP) is 6.38. The first kappa shape index (κ1) is 14.4. The minimum atomic E-state index is 0.198. The number of fused-ring (bicyclic) bond motifs is 1. The summed E-state index contributed by atoms with van der Waals surface area (Å²) in [6, 6.07) is 0. The van der Waals surface area contributed by atoms with Crippen LogP contribution in [0.25, 0.3) is 0 Å². The zero-order chi connectivity index (χ0) is 18.1. The van der Waals surface area contributed by atoms with Crippen LogP contribution in [0.4, 0.5) is 0 Å². The van der Waals surface area contributed by atoms with E-state index >= 15 is 0 Å². The molecule has 28 heavy (non-hydrogen) atoms. The smallest absolute Gasteiger partial charge is 0.0280 e. The first-order valence-corrected chi connectivity index (χ1v) is 10.8. The van der Waals surface area contributed by atoms with Crippen LogP contribution in [0.5, 0.6) is 0 Å². The second kappa shape index (κ2) is 4.20. The van der Waals surface area contributed by atoms with E-state index in [-0.39, 0.29) is 16.2 Å². The van der Waals surface area contributed by atoms with Crippen LogP contribution in [0.3, 0.4) is 0 Å². The average Bonchev–Trinajstić information content (AvgIpc) is 2.70. The molecule has 0 heteroatoms. The lowest BCUT2D eigenvalue weighted by Crippen LogP contribution is -2.54. The molecular weight excluding hydrogens is 336 g/mol. The highest BCUT2D eigenvalue weighted by atomic mass is 14.7. The van der Waals surface area contributed by atoms with Gasteiger partial charge in [0, 0.05) is 16.2 Å². The van der Waals surface area contributed by atoms with Gasteiger partial charge in [-0.1, -0.05) is 79.0 Å². The first-order valence-electron chi connectivity index (χ1n) is 10.8. The van der Waals surface area contributed by atoms with Gasteiger partial charge in [-0.3, -0.25) is 0 Å². The minimum absolute atomic E-state index is 0.198. The fourth-order valence-corrected chi connectivity index (χ4v) is 7.87. The Morgan fingerprint density at radius 2 is 1.61 bits per heavy atom. The third-order valence-electron chi connectivity index (χ3n) is 9.07. The largest absolute Gasteiger partial charge is 0.0836 e. The molecule has 0 saturated heterocycles. The zero-order valence-electron chi connectivity index (χ0n) is 15.9. The molecule has 0 saturated carbocycles. The van der Waals surface area contributed by atoms with E-state index in [4.69, 9.17) is 0 Å². The topological polar surface area (TPSA) is 0 Å². The summed E-state index contributed by atoms with van der Waals surface area (Å²) in [4.78, 5) is 0. The van der Waals surface area contributed by atoms with Gasteiger partial charge in [-0.2, -0.15) is 0 Å². The van der Waals surface area contributed by atoms with Gasteiger partial charge >= 0.3 is 0 Å². The van der Waals surface area contributed by atoms with Gasteiger partial charge in [-0.25, -0.2) is 0 Å². The highest BCUT2D eigenvalue weighted by Gasteiger charge is 2.63. The van der Waals surface area contributed by atoms with E-state index in [1.807, 2.05) is 0 Å². The molecule has 8 aliphatic rings. The fourth-order valence-electron chi connectivity index (χ4n) is 7.87. The Balaban J connectivity index is 1.51. The molecule has 0 nitrogen and oxygen atoms in total. The minimum Gasteiger partial charge on any atom is -0.0836 e. The number of hydrogen-bond acceptors (Lipinski definition) is 0. The predicted molar refractivity (Wildman–Crippen MR) is 113 cm³/mol. The van der Waals surface area contributed by atoms with Crippen molar-refractivity contribution in [2.24, 2.45) is 22.2 Å². The lowest BCUT2D eigenvalue weighted by molar-refractivity contribution is 0.125. The first-order chi connectivity index (χ1) is 13.7. The summed E-state index contributed by atoms with van der Waals surface area (Å²) in [7, 11) is 0. The van der Waals surface area contributed by atoms with Crippen LogP contribution in [0, 0.1) is 22.2 Å². The van der Waals surface area contributed by atoms with Gasteiger partial charge in [-0.05, 0) is 70.6 Å². The van der Waals surface area contributed by atoms with E-state index < -0.39 is 0 Å². The third-order valence-corrected chi connectivity index (χ3v) is 9.07. The number of hydrogen-bond donors (Lipinski definition) is 0. The Bertz CT molecular complexity index is 1210. The van der Waals surface area contributed by atoms with Crippen molar-refractivity contribution < 1.29 is 0 Å². The summed E-state index contributed by atoms with van der Waals surface area (Å²) >= 11 is 0. The van der Waals surface area contributed by atoms with Crippen LogP contribution in [0.15, 0.2) is 118 Å². The molecule has 3 spiro atoms. The summed E-state index contributed by atoms with van der Waals surface area (Å²) in [6.07, 6.45) is 36.7. The van der Waals surface area contributed by atoms with Crippen LogP contribution < -0.4 is 0 Å². The van der Waals surface area contributed by atoms with Gasteiger partial charge in [0.2, 0.25) is 0 Å². The standard InChI is InChI=1S/C28H22/c1-3-19-4-2-6-23-14-25-12-21-10-8-18-7-9-20-11-24-13-22(5-1)28(19,23)17-27(24,25)16-26(20,21)15-18/h1-5,7-14,23H,6,15-17H2. The normalized spacial score (nSPS) is 44.3. The van der Waals surface area contributed by atoms with Crippen molar-refractivity contribution in [1.82, 2.24) is 0 Å². The van der Waals surface area contributed by atoms with Crippen LogP contribution in [0.2, 0.25) is 0 Å². The van der Waals surface area contributed by atoms with Gasteiger partial charge in [-0.15, -0.1) is 0 Å². The summed E-state index contributed by atoms with van der Waals surface area (Å²) in [6.45, 7) is 0. The molecule has 4 atom stereocenters. The molecule has 0 N–H and O–H groups in total.